The second-order valence-electron chi connectivity index (χ2n) is 9.55. The minimum atomic E-state index is -0.491. The Morgan fingerprint density at radius 3 is 2.00 bits per heavy atom. The number of aromatic hydroxyl groups is 1. The van der Waals surface area contributed by atoms with Crippen molar-refractivity contribution in [1.29, 1.82) is 5.26 Å². The molecule has 2 rings (SSSR count). The molecule has 2 aromatic rings. The van der Waals surface area contributed by atoms with E-state index in [1.165, 1.54) is 0 Å². The van der Waals surface area contributed by atoms with Crippen LogP contribution in [0.15, 0.2) is 42.0 Å². The molecule has 2 N–H and O–H groups in total. The number of benzene rings is 2. The highest BCUT2D eigenvalue weighted by Crippen LogP contribution is 2.40. The Kier molecular flexibility index (Phi) is 7.17. The van der Waals surface area contributed by atoms with Crippen LogP contribution in [0.25, 0.3) is 6.08 Å². The van der Waals surface area contributed by atoms with Gasteiger partial charge in [-0.05, 0) is 65.8 Å². The van der Waals surface area contributed by atoms with Gasteiger partial charge < -0.3 is 15.2 Å². The maximum atomic E-state index is 12.7. The molecule has 0 unspecified atom stereocenters. The SMILES string of the molecule is CCOc1ccc(NC(=O)/C(C#N)=C\c2cc(C(C)(C)C)c(O)c(C(C)(C)C)c2)cc1. The third kappa shape index (κ3) is 6.11. The van der Waals surface area contributed by atoms with Gasteiger partial charge in [0, 0.05) is 16.8 Å². The van der Waals surface area contributed by atoms with Crippen LogP contribution < -0.4 is 10.1 Å². The van der Waals surface area contributed by atoms with Crippen molar-refractivity contribution < 1.29 is 14.6 Å². The second-order valence-corrected chi connectivity index (χ2v) is 9.55. The number of rotatable bonds is 5. The molecule has 0 atom stereocenters. The van der Waals surface area contributed by atoms with Gasteiger partial charge in [0.1, 0.15) is 23.1 Å². The van der Waals surface area contributed by atoms with E-state index in [0.717, 1.165) is 11.1 Å². The highest BCUT2D eigenvalue weighted by atomic mass is 16.5. The summed E-state index contributed by atoms with van der Waals surface area (Å²) >= 11 is 0. The molecule has 31 heavy (non-hydrogen) atoms. The summed E-state index contributed by atoms with van der Waals surface area (Å²) in [6, 6.07) is 12.7. The molecule has 164 valence electrons. The van der Waals surface area contributed by atoms with Gasteiger partial charge in [0.15, 0.2) is 0 Å². The summed E-state index contributed by atoms with van der Waals surface area (Å²) in [7, 11) is 0. The van der Waals surface area contributed by atoms with Crippen molar-refractivity contribution in [3.05, 3.63) is 58.7 Å². The number of hydrogen-bond donors (Lipinski definition) is 2. The molecule has 1 amide bonds. The van der Waals surface area contributed by atoms with Crippen molar-refractivity contribution in [2.75, 3.05) is 11.9 Å². The first kappa shape index (κ1) is 24.0. The molecule has 0 bridgehead atoms. The first-order valence-electron chi connectivity index (χ1n) is 10.4. The van der Waals surface area contributed by atoms with Gasteiger partial charge in [0.25, 0.3) is 5.91 Å². The number of nitriles is 1. The van der Waals surface area contributed by atoms with Crippen molar-refractivity contribution in [1.82, 2.24) is 0 Å². The van der Waals surface area contributed by atoms with Crippen LogP contribution in [0.4, 0.5) is 5.69 Å². The zero-order valence-corrected chi connectivity index (χ0v) is 19.5. The fraction of sp³-hybridized carbons (Fsp3) is 0.385. The number of carbonyl (C=O) groups excluding carboxylic acids is 1. The van der Waals surface area contributed by atoms with Crippen molar-refractivity contribution >= 4 is 17.7 Å². The quantitative estimate of drug-likeness (QED) is 0.464. The Morgan fingerprint density at radius 2 is 1.58 bits per heavy atom. The normalized spacial score (nSPS) is 12.3. The smallest absolute Gasteiger partial charge is 0.266 e. The molecule has 0 saturated heterocycles. The van der Waals surface area contributed by atoms with E-state index in [1.807, 2.05) is 66.7 Å². The summed E-state index contributed by atoms with van der Waals surface area (Å²) in [5, 5.41) is 23.2. The van der Waals surface area contributed by atoms with E-state index in [2.05, 4.69) is 5.32 Å². The Bertz CT molecular complexity index is 980. The average molecular weight is 421 g/mol. The molecule has 5 nitrogen and oxygen atoms in total. The van der Waals surface area contributed by atoms with E-state index in [-0.39, 0.29) is 22.2 Å². The van der Waals surface area contributed by atoms with Gasteiger partial charge >= 0.3 is 0 Å². The summed E-state index contributed by atoms with van der Waals surface area (Å²) in [5.41, 5.74) is 2.21. The number of nitrogens with zero attached hydrogens (tertiary/aromatic N) is 1. The van der Waals surface area contributed by atoms with Crippen LogP contribution in [0.1, 0.15) is 65.2 Å². The van der Waals surface area contributed by atoms with Gasteiger partial charge in [0.2, 0.25) is 0 Å². The molecule has 5 heteroatoms. The van der Waals surface area contributed by atoms with E-state index in [0.29, 0.717) is 23.6 Å². The highest BCUT2D eigenvalue weighted by Gasteiger charge is 2.26. The van der Waals surface area contributed by atoms with E-state index in [4.69, 9.17) is 4.74 Å². The maximum Gasteiger partial charge on any atom is 0.266 e. The average Bonchev–Trinajstić information content (AvgIpc) is 2.66. The lowest BCUT2D eigenvalue weighted by Gasteiger charge is -2.28. The number of carbonyl (C=O) groups is 1. The summed E-state index contributed by atoms with van der Waals surface area (Å²) in [6.45, 7) is 14.6. The molecule has 0 radical (unpaired) electrons. The lowest BCUT2D eigenvalue weighted by atomic mass is 9.78. The van der Waals surface area contributed by atoms with Gasteiger partial charge in [-0.2, -0.15) is 5.26 Å². The number of anilines is 1. The molecular weight excluding hydrogens is 388 g/mol. The predicted octanol–water partition coefficient (Wildman–Crippen LogP) is 5.93. The molecule has 0 fully saturated rings. The Labute approximate surface area is 185 Å². The number of phenols is 1. The monoisotopic (exact) mass is 420 g/mol. The summed E-state index contributed by atoms with van der Waals surface area (Å²) in [4.78, 5) is 12.7. The first-order valence-corrected chi connectivity index (χ1v) is 10.4. The molecule has 0 aromatic heterocycles. The van der Waals surface area contributed by atoms with Crippen LogP contribution in [0, 0.1) is 11.3 Å². The first-order chi connectivity index (χ1) is 14.4. The standard InChI is InChI=1S/C26H32N2O3/c1-8-31-20-11-9-19(10-12-20)28-24(30)18(16-27)13-17-14-21(25(2,3)4)23(29)22(15-17)26(5,6)7/h9-15,29H,8H2,1-7H3,(H,28,30)/b18-13-. The summed E-state index contributed by atoms with van der Waals surface area (Å²) in [5.74, 6) is 0.480. The number of amides is 1. The maximum absolute atomic E-state index is 12.7. The van der Waals surface area contributed by atoms with E-state index in [9.17, 15) is 15.2 Å². The zero-order chi connectivity index (χ0) is 23.4. The van der Waals surface area contributed by atoms with Gasteiger partial charge in [-0.1, -0.05) is 41.5 Å². The van der Waals surface area contributed by atoms with Crippen LogP contribution in [0.3, 0.4) is 0 Å². The van der Waals surface area contributed by atoms with E-state index < -0.39 is 5.91 Å². The lowest BCUT2D eigenvalue weighted by Crippen LogP contribution is -2.18. The second kappa shape index (κ2) is 9.26. The fourth-order valence-electron chi connectivity index (χ4n) is 3.20. The predicted molar refractivity (Wildman–Crippen MR) is 125 cm³/mol. The minimum absolute atomic E-state index is 0.0145. The number of phenolic OH excluding ortho intramolecular Hbond substituents is 1. The third-order valence-corrected chi connectivity index (χ3v) is 4.85. The summed E-state index contributed by atoms with van der Waals surface area (Å²) in [6.07, 6.45) is 1.56. The summed E-state index contributed by atoms with van der Waals surface area (Å²) < 4.78 is 5.40. The number of ether oxygens (including phenoxy) is 1. The Hall–Kier alpha value is -3.26. The fourth-order valence-corrected chi connectivity index (χ4v) is 3.20. The minimum Gasteiger partial charge on any atom is -0.507 e. The molecule has 0 saturated carbocycles. The van der Waals surface area contributed by atoms with Crippen LogP contribution >= 0.6 is 0 Å². The molecule has 0 spiro atoms. The number of hydrogen-bond acceptors (Lipinski definition) is 4. The molecule has 0 aliphatic heterocycles. The molecule has 0 heterocycles. The molecule has 0 aliphatic carbocycles. The third-order valence-electron chi connectivity index (χ3n) is 4.85. The van der Waals surface area contributed by atoms with Crippen molar-refractivity contribution in [3.63, 3.8) is 0 Å². The zero-order valence-electron chi connectivity index (χ0n) is 19.5. The van der Waals surface area contributed by atoms with Gasteiger partial charge in [0.05, 0.1) is 6.61 Å². The van der Waals surface area contributed by atoms with Crippen molar-refractivity contribution in [2.45, 2.75) is 59.3 Å². The molecular formula is C26H32N2O3. The van der Waals surface area contributed by atoms with Gasteiger partial charge in [-0.3, -0.25) is 4.79 Å². The van der Waals surface area contributed by atoms with Crippen molar-refractivity contribution in [3.8, 4) is 17.6 Å². The van der Waals surface area contributed by atoms with Crippen molar-refractivity contribution in [2.24, 2.45) is 0 Å². The van der Waals surface area contributed by atoms with Crippen LogP contribution in [0.5, 0.6) is 11.5 Å². The molecule has 0 aliphatic rings. The Morgan fingerprint density at radius 1 is 1.06 bits per heavy atom. The largest absolute Gasteiger partial charge is 0.507 e. The van der Waals surface area contributed by atoms with Gasteiger partial charge in [-0.25, -0.2) is 0 Å². The van der Waals surface area contributed by atoms with E-state index >= 15 is 0 Å². The Balaban J connectivity index is 2.43. The van der Waals surface area contributed by atoms with E-state index in [1.54, 1.807) is 30.3 Å². The van der Waals surface area contributed by atoms with Gasteiger partial charge in [-0.15, -0.1) is 0 Å². The highest BCUT2D eigenvalue weighted by molar-refractivity contribution is 6.09. The van der Waals surface area contributed by atoms with Crippen LogP contribution in [-0.4, -0.2) is 17.6 Å². The molecule has 2 aromatic carbocycles. The topological polar surface area (TPSA) is 82.3 Å². The van der Waals surface area contributed by atoms with Crippen LogP contribution in [0.2, 0.25) is 0 Å². The number of nitrogens with one attached hydrogen (secondary N) is 1. The lowest BCUT2D eigenvalue weighted by molar-refractivity contribution is -0.112. The van der Waals surface area contributed by atoms with Crippen LogP contribution in [-0.2, 0) is 15.6 Å².